The van der Waals surface area contributed by atoms with Gasteiger partial charge in [-0.1, -0.05) is 0 Å². The molecule has 0 aromatic carbocycles. The first-order valence-electron chi connectivity index (χ1n) is 1.46. The van der Waals surface area contributed by atoms with Gasteiger partial charge in [0.2, 0.25) is 0 Å². The van der Waals surface area contributed by atoms with Crippen molar-refractivity contribution in [3.05, 3.63) is 0 Å². The predicted octanol–water partition coefficient (Wildman–Crippen LogP) is -2.34. The van der Waals surface area contributed by atoms with Crippen LogP contribution >= 0.6 is 0 Å². The van der Waals surface area contributed by atoms with Crippen LogP contribution in [0.25, 0.3) is 0 Å². The molecular weight excluding hydrogens is 226 g/mol. The van der Waals surface area contributed by atoms with Crippen LogP contribution in [0.15, 0.2) is 4.42 Å². The molecule has 0 spiro atoms. The number of hydrogen-bond acceptors (Lipinski definition) is 3. The van der Waals surface area contributed by atoms with Gasteiger partial charge in [-0.05, 0) is 0 Å². The standard InChI is InChI=1S/C2N2OSe2/c6-1-3-4-2(7)5-1. The minimum absolute atomic E-state index is 0.466. The molecule has 0 N–H and O–H groups in total. The topological polar surface area (TPSA) is 38.9 Å². The fourth-order valence-corrected chi connectivity index (χ4v) is 0.967. The van der Waals surface area contributed by atoms with Gasteiger partial charge < -0.3 is 0 Å². The van der Waals surface area contributed by atoms with E-state index in [0.29, 0.717) is 9.58 Å². The number of rotatable bonds is 0. The van der Waals surface area contributed by atoms with Crippen LogP contribution in [0.5, 0.6) is 0 Å². The second-order valence-corrected chi connectivity index (χ2v) is 2.30. The SMILES string of the molecule is [Se]c1nnc([Se])o1. The fourth-order valence-electron chi connectivity index (χ4n) is 0.197. The van der Waals surface area contributed by atoms with E-state index < -0.39 is 0 Å². The van der Waals surface area contributed by atoms with E-state index in [1.54, 1.807) is 0 Å². The molecule has 0 bridgehead atoms. The van der Waals surface area contributed by atoms with Crippen LogP contribution in [0.3, 0.4) is 0 Å². The van der Waals surface area contributed by atoms with Crippen molar-refractivity contribution < 1.29 is 4.42 Å². The molecule has 36 valence electrons. The van der Waals surface area contributed by atoms with Gasteiger partial charge in [-0.3, -0.25) is 0 Å². The Balaban J connectivity index is 3.04. The molecule has 2 radical (unpaired) electrons. The number of hydrogen-bond donors (Lipinski definition) is 0. The Morgan fingerprint density at radius 3 is 1.71 bits per heavy atom. The van der Waals surface area contributed by atoms with Gasteiger partial charge in [0.05, 0.1) is 0 Å². The Morgan fingerprint density at radius 1 is 1.14 bits per heavy atom. The van der Waals surface area contributed by atoms with Gasteiger partial charge in [-0.15, -0.1) is 0 Å². The van der Waals surface area contributed by atoms with E-state index in [1.807, 2.05) is 0 Å². The van der Waals surface area contributed by atoms with Crippen molar-refractivity contribution in [1.29, 1.82) is 0 Å². The predicted molar refractivity (Wildman–Crippen MR) is 25.1 cm³/mol. The Hall–Kier alpha value is 0.179. The van der Waals surface area contributed by atoms with Gasteiger partial charge in [0, 0.05) is 0 Å². The molecule has 0 unspecified atom stereocenters. The zero-order chi connectivity index (χ0) is 5.28. The molecule has 1 rings (SSSR count). The summed E-state index contributed by atoms with van der Waals surface area (Å²) in [5.41, 5.74) is 0. The molecule has 1 heterocycles. The molecule has 0 atom stereocenters. The Labute approximate surface area is 56.5 Å². The first-order chi connectivity index (χ1) is 3.29. The first-order valence-corrected chi connectivity index (χ1v) is 3.18. The van der Waals surface area contributed by atoms with Gasteiger partial charge in [-0.2, -0.15) is 0 Å². The second-order valence-electron chi connectivity index (χ2n) is 0.834. The van der Waals surface area contributed by atoms with Crippen molar-refractivity contribution in [3.63, 3.8) is 0 Å². The summed E-state index contributed by atoms with van der Waals surface area (Å²) in [6.07, 6.45) is 0. The first kappa shape index (κ1) is 5.32. The second kappa shape index (κ2) is 1.97. The van der Waals surface area contributed by atoms with Gasteiger partial charge in [0.25, 0.3) is 0 Å². The summed E-state index contributed by atoms with van der Waals surface area (Å²) in [5, 5.41) is 7.03. The van der Waals surface area contributed by atoms with Crippen LogP contribution in [0.2, 0.25) is 0 Å². The van der Waals surface area contributed by atoms with Crippen LogP contribution in [-0.2, 0) is 0 Å². The molecule has 1 aromatic rings. The summed E-state index contributed by atoms with van der Waals surface area (Å²) in [6.45, 7) is 0. The Kier molecular flexibility index (Phi) is 1.49. The molecule has 0 amide bonds. The summed E-state index contributed by atoms with van der Waals surface area (Å²) in [6, 6.07) is 0. The maximum atomic E-state index is 4.75. The van der Waals surface area contributed by atoms with Gasteiger partial charge >= 0.3 is 56.2 Å². The summed E-state index contributed by atoms with van der Waals surface area (Å²) in [5.74, 6) is 0. The normalized spacial score (nSPS) is 9.14. The zero-order valence-electron chi connectivity index (χ0n) is 3.12. The summed E-state index contributed by atoms with van der Waals surface area (Å²) in [7, 11) is 0. The van der Waals surface area contributed by atoms with Gasteiger partial charge in [0.1, 0.15) is 0 Å². The zero-order valence-corrected chi connectivity index (χ0v) is 6.55. The van der Waals surface area contributed by atoms with E-state index in [0.717, 1.165) is 0 Å². The third-order valence-electron chi connectivity index (χ3n) is 0.388. The number of nitrogens with zero attached hydrogens (tertiary/aromatic N) is 2. The van der Waals surface area contributed by atoms with Crippen molar-refractivity contribution in [2.24, 2.45) is 0 Å². The maximum absolute atomic E-state index is 4.75. The molecule has 0 saturated carbocycles. The summed E-state index contributed by atoms with van der Waals surface area (Å²) in [4.78, 5) is 0.933. The van der Waals surface area contributed by atoms with Crippen molar-refractivity contribution in [2.45, 2.75) is 0 Å². The fraction of sp³-hybridized carbons (Fsp3) is 0. The Morgan fingerprint density at radius 2 is 1.57 bits per heavy atom. The van der Waals surface area contributed by atoms with Gasteiger partial charge in [0.15, 0.2) is 0 Å². The average Bonchev–Trinajstić information content (AvgIpc) is 1.87. The van der Waals surface area contributed by atoms with E-state index in [9.17, 15) is 0 Å². The van der Waals surface area contributed by atoms with Crippen LogP contribution in [0, 0.1) is 0 Å². The summed E-state index contributed by atoms with van der Waals surface area (Å²) < 4.78 is 4.75. The van der Waals surface area contributed by atoms with E-state index >= 15 is 0 Å². The molecule has 1 aromatic heterocycles. The van der Waals surface area contributed by atoms with E-state index in [4.69, 9.17) is 4.42 Å². The molecule has 0 aliphatic rings. The van der Waals surface area contributed by atoms with Crippen molar-refractivity contribution >= 4 is 41.6 Å². The molecule has 0 aliphatic heterocycles. The average molecular weight is 226 g/mol. The molecule has 3 nitrogen and oxygen atoms in total. The van der Waals surface area contributed by atoms with Crippen LogP contribution in [0.1, 0.15) is 0 Å². The molecule has 0 saturated heterocycles. The van der Waals surface area contributed by atoms with Gasteiger partial charge in [-0.25, -0.2) is 0 Å². The van der Waals surface area contributed by atoms with Crippen LogP contribution < -0.4 is 9.58 Å². The van der Waals surface area contributed by atoms with Crippen molar-refractivity contribution in [3.8, 4) is 0 Å². The number of aromatic nitrogens is 2. The van der Waals surface area contributed by atoms with Crippen molar-refractivity contribution in [1.82, 2.24) is 10.2 Å². The monoisotopic (exact) mass is 228 g/mol. The van der Waals surface area contributed by atoms with E-state index in [-0.39, 0.29) is 0 Å². The molecule has 0 aliphatic carbocycles. The summed E-state index contributed by atoms with van der Waals surface area (Å²) >= 11 is 5.12. The quantitative estimate of drug-likeness (QED) is 0.465. The third kappa shape index (κ3) is 1.28. The van der Waals surface area contributed by atoms with E-state index in [2.05, 4.69) is 42.2 Å². The van der Waals surface area contributed by atoms with Crippen LogP contribution in [-0.4, -0.2) is 42.2 Å². The minimum atomic E-state index is 0.466. The molecule has 5 heteroatoms. The molecule has 0 fully saturated rings. The van der Waals surface area contributed by atoms with Crippen molar-refractivity contribution in [2.75, 3.05) is 0 Å². The molecule has 7 heavy (non-hydrogen) atoms. The Bertz CT molecular complexity index is 146. The third-order valence-corrected chi connectivity index (χ3v) is 1.08. The van der Waals surface area contributed by atoms with E-state index in [1.165, 1.54) is 0 Å². The van der Waals surface area contributed by atoms with Crippen LogP contribution in [0.4, 0.5) is 0 Å². The molecular formula is C2N2OSe2.